The Bertz CT molecular complexity index is 4850. The molecule has 0 radical (unpaired) electrons. The molecule has 12 rings (SSSR count). The van der Waals surface area contributed by atoms with E-state index in [0.29, 0.717) is 138 Å². The number of nitrogens with zero attached hydrogens (tertiary/aromatic N) is 16. The van der Waals surface area contributed by atoms with Crippen LogP contribution in [0.15, 0.2) is 219 Å². The first-order valence-electron chi connectivity index (χ1n) is 33.0. The van der Waals surface area contributed by atoms with Crippen LogP contribution in [0.4, 0.5) is 17.5 Å². The third kappa shape index (κ3) is 20.0. The van der Waals surface area contributed by atoms with E-state index in [4.69, 9.17) is 51.4 Å². The Hall–Kier alpha value is -12.7. The molecule has 3 amide bonds. The summed E-state index contributed by atoms with van der Waals surface area (Å²) >= 11 is 0. The summed E-state index contributed by atoms with van der Waals surface area (Å²) < 4.78 is 27.8. The number of amides is 3. The summed E-state index contributed by atoms with van der Waals surface area (Å²) in [6.45, 7) is 4.45. The summed E-state index contributed by atoms with van der Waals surface area (Å²) in [4.78, 5) is 69.5. The predicted octanol–water partition coefficient (Wildman–Crippen LogP) is 10.1. The van der Waals surface area contributed by atoms with Gasteiger partial charge in [0.05, 0.1) is 42.4 Å². The van der Waals surface area contributed by atoms with E-state index in [1.807, 2.05) is 214 Å². The average Bonchev–Trinajstić information content (AvgIpc) is 1.65. The molecule has 0 saturated carbocycles. The van der Waals surface area contributed by atoms with Crippen LogP contribution < -0.4 is 36.7 Å². The van der Waals surface area contributed by atoms with E-state index in [-0.39, 0.29) is 17.7 Å². The van der Waals surface area contributed by atoms with Crippen LogP contribution in [0, 0.1) is 0 Å². The fourth-order valence-electron chi connectivity index (χ4n) is 10.4. The van der Waals surface area contributed by atoms with E-state index in [9.17, 15) is 14.4 Å². The van der Waals surface area contributed by atoms with Crippen LogP contribution in [0.1, 0.15) is 0 Å². The van der Waals surface area contributed by atoms with Crippen LogP contribution in [-0.2, 0) is 38.8 Å². The Morgan fingerprint density at radius 3 is 1.08 bits per heavy atom. The minimum Gasteiger partial charge on any atom is -0.457 e. The maximum Gasteiger partial charge on any atom is 0.246 e. The Balaban J connectivity index is 0.000000166. The number of ether oxygens (including phenoxy) is 4. The molecule has 0 unspecified atom stereocenters. The first kappa shape index (κ1) is 73.0. The van der Waals surface area contributed by atoms with E-state index >= 15 is 0 Å². The number of aromatic nitrogens is 12. The lowest BCUT2D eigenvalue weighted by Crippen LogP contribution is -2.29. The predicted molar refractivity (Wildman–Crippen MR) is 400 cm³/mol. The third-order valence-corrected chi connectivity index (χ3v) is 15.7. The van der Waals surface area contributed by atoms with Crippen molar-refractivity contribution in [2.75, 3.05) is 106 Å². The second kappa shape index (κ2) is 35.9. The first-order valence-corrected chi connectivity index (χ1v) is 33.0. The van der Waals surface area contributed by atoms with Crippen molar-refractivity contribution in [3.8, 4) is 68.3 Å². The third-order valence-electron chi connectivity index (χ3n) is 15.7. The summed E-state index contributed by atoms with van der Waals surface area (Å²) in [7, 11) is 12.9. The molecule has 27 heteroatoms. The van der Waals surface area contributed by atoms with Crippen LogP contribution in [0.25, 0.3) is 66.9 Å². The molecule has 27 nitrogen and oxygen atoms in total. The van der Waals surface area contributed by atoms with Gasteiger partial charge in [0, 0.05) is 88.8 Å². The molecular weight excluding hydrogens is 1300 g/mol. The van der Waals surface area contributed by atoms with Crippen molar-refractivity contribution in [3.05, 3.63) is 219 Å². The number of nitrogens with one attached hydrogen (secondary N) is 1. The van der Waals surface area contributed by atoms with Gasteiger partial charge in [-0.2, -0.15) is 15.3 Å². The van der Waals surface area contributed by atoms with Crippen molar-refractivity contribution in [2.24, 2.45) is 0 Å². The number of benzene rings is 6. The topological polar surface area (TPSA) is 322 Å². The quantitative estimate of drug-likeness (QED) is 0.0348. The van der Waals surface area contributed by atoms with Crippen LogP contribution in [0.3, 0.4) is 0 Å². The number of methoxy groups -OCH3 is 1. The minimum atomic E-state index is -0.151. The minimum absolute atomic E-state index is 0.0633. The highest BCUT2D eigenvalue weighted by Gasteiger charge is 2.22. The van der Waals surface area contributed by atoms with Crippen molar-refractivity contribution < 1.29 is 33.3 Å². The number of hydrogen-bond acceptors (Lipinski definition) is 21. The normalized spacial score (nSPS) is 11.3. The highest BCUT2D eigenvalue weighted by molar-refractivity contribution is 6.00. The van der Waals surface area contributed by atoms with Crippen LogP contribution in [-0.4, -0.2) is 185 Å². The largest absolute Gasteiger partial charge is 0.457 e. The fraction of sp³-hybridized carbons (Fsp3) is 0.211. The zero-order valence-corrected chi connectivity index (χ0v) is 58.4. The maximum atomic E-state index is 12.4. The van der Waals surface area contributed by atoms with E-state index in [1.165, 1.54) is 31.1 Å². The molecule has 6 aromatic carbocycles. The fourth-order valence-corrected chi connectivity index (χ4v) is 10.4. The van der Waals surface area contributed by atoms with E-state index < -0.39 is 0 Å². The lowest BCUT2D eigenvalue weighted by atomic mass is 10.1. The van der Waals surface area contributed by atoms with E-state index in [2.05, 4.69) is 35.2 Å². The Labute approximate surface area is 596 Å². The maximum absolute atomic E-state index is 12.4. The number of hydrogen-bond donors (Lipinski definition) is 4. The van der Waals surface area contributed by atoms with Gasteiger partial charge in [-0.05, 0) is 137 Å². The standard InChI is InChI=1S/C26H29N7O2.C25H27N7O2.C25H26N6O3/c1-31(2)15-7-10-22(34)32(3)16-17-33-26-23(25(27)28-18-29-26)24(30-33)19-11-13-21(14-12-19)35-20-8-5-4-6-9-20;1-31(2)15-6-9-21(33)27-14-16-32-25-22(24(26)28-17-29-25)23(30-32)18-10-12-20(13-11-18)34-19-7-4-3-5-8-19;1-30(21(32)9-6-16-33-2)14-15-31-25-22(24(26)27-17-28-25)23(29-31)18-10-12-20(13-11-18)34-19-7-4-3-5-8-19/h4-14,18H,15-17H2,1-3H3,(H2,27,28,29);3-13,17H,14-16H2,1-2H3,(H,27,33)(H2,26,28,29);3-13,17H,14-16H2,1-2H3,(H2,26,27,28)/b10-7+;2*9-6+. The van der Waals surface area contributed by atoms with Gasteiger partial charge in [0.2, 0.25) is 17.7 Å². The molecule has 6 heterocycles. The monoisotopic (exact) mass is 1390 g/mol. The van der Waals surface area contributed by atoms with E-state index in [0.717, 1.165) is 39.7 Å². The Kier molecular flexibility index (Phi) is 25.4. The Morgan fingerprint density at radius 1 is 0.417 bits per heavy atom. The zero-order chi connectivity index (χ0) is 72.6. The molecule has 12 aromatic rings. The molecule has 0 aliphatic rings. The first-order chi connectivity index (χ1) is 50.0. The SMILES string of the molecule is CN(C)C/C=C/C(=O)N(C)CCn1nc(-c2ccc(Oc3ccccc3)cc2)c2c(N)ncnc21.CN(C)C/C=C/C(=O)NCCn1nc(-c2ccc(Oc3ccccc3)cc2)c2c(N)ncnc21.COC/C=C/C(=O)N(C)CCn1nc(-c2ccc(Oc3ccccc3)cc2)c2c(N)ncnc21. The average molecular weight is 1390 g/mol. The van der Waals surface area contributed by atoms with Crippen molar-refractivity contribution in [1.82, 2.24) is 84.2 Å². The van der Waals surface area contributed by atoms with Crippen LogP contribution >= 0.6 is 0 Å². The molecular formula is C76H82N20O7. The second-order valence-corrected chi connectivity index (χ2v) is 23.9. The molecule has 0 aliphatic heterocycles. The number of para-hydroxylation sites is 3. The van der Waals surface area contributed by atoms with Crippen molar-refractivity contribution in [3.63, 3.8) is 0 Å². The Morgan fingerprint density at radius 2 is 0.738 bits per heavy atom. The summed E-state index contributed by atoms with van der Waals surface area (Å²) in [5.74, 6) is 5.17. The van der Waals surface area contributed by atoms with Gasteiger partial charge in [-0.15, -0.1) is 0 Å². The molecule has 6 aromatic heterocycles. The van der Waals surface area contributed by atoms with Gasteiger partial charge < -0.3 is 61.1 Å². The summed E-state index contributed by atoms with van der Waals surface area (Å²) in [6.07, 6.45) is 14.2. The molecule has 7 N–H and O–H groups in total. The highest BCUT2D eigenvalue weighted by atomic mass is 16.5. The highest BCUT2D eigenvalue weighted by Crippen LogP contribution is 2.36. The number of carbonyl (C=O) groups excluding carboxylic acids is 3. The van der Waals surface area contributed by atoms with Crippen molar-refractivity contribution >= 4 is 68.3 Å². The van der Waals surface area contributed by atoms with Gasteiger partial charge in [0.15, 0.2) is 16.9 Å². The summed E-state index contributed by atoms with van der Waals surface area (Å²) in [5, 5.41) is 19.2. The van der Waals surface area contributed by atoms with Gasteiger partial charge >= 0.3 is 0 Å². The van der Waals surface area contributed by atoms with Gasteiger partial charge in [-0.1, -0.05) is 72.8 Å². The smallest absolute Gasteiger partial charge is 0.246 e. The van der Waals surface area contributed by atoms with Gasteiger partial charge in [0.25, 0.3) is 0 Å². The van der Waals surface area contributed by atoms with Gasteiger partial charge in [-0.3, -0.25) is 14.4 Å². The lowest BCUT2D eigenvalue weighted by molar-refractivity contribution is -0.125. The van der Waals surface area contributed by atoms with Crippen molar-refractivity contribution in [1.29, 1.82) is 0 Å². The molecule has 103 heavy (non-hydrogen) atoms. The molecule has 0 bridgehead atoms. The molecule has 0 aliphatic carbocycles. The lowest BCUT2D eigenvalue weighted by Gasteiger charge is -2.15. The van der Waals surface area contributed by atoms with E-state index in [1.54, 1.807) is 57.2 Å². The molecule has 0 saturated heterocycles. The number of nitrogens with two attached hydrogens (primary N) is 3. The summed E-state index contributed by atoms with van der Waals surface area (Å²) in [6, 6.07) is 51.6. The zero-order valence-electron chi connectivity index (χ0n) is 58.4. The number of rotatable bonds is 27. The molecule has 0 fully saturated rings. The molecule has 528 valence electrons. The van der Waals surface area contributed by atoms with Crippen LogP contribution in [0.2, 0.25) is 0 Å². The van der Waals surface area contributed by atoms with Gasteiger partial charge in [-0.25, -0.2) is 43.9 Å². The second-order valence-electron chi connectivity index (χ2n) is 23.9. The number of nitrogen functional groups attached to an aromatic ring is 3. The molecule has 0 spiro atoms. The van der Waals surface area contributed by atoms with Crippen LogP contribution in [0.5, 0.6) is 34.5 Å². The van der Waals surface area contributed by atoms with Gasteiger partial charge in [0.1, 0.15) is 88.0 Å². The number of anilines is 3. The molecule has 0 atom stereocenters. The number of fused-ring (bicyclic) bond motifs is 3. The number of likely N-dealkylation sites (N-methyl/N-ethyl adjacent to an activating group) is 4. The summed E-state index contributed by atoms with van der Waals surface area (Å²) in [5.41, 5.74) is 25.1. The number of carbonyl (C=O) groups is 3. The van der Waals surface area contributed by atoms with Crippen molar-refractivity contribution in [2.45, 2.75) is 19.6 Å².